The fraction of sp³-hybridized carbons (Fsp3) is 0.421. The zero-order chi connectivity index (χ0) is 20.4. The van der Waals surface area contributed by atoms with Gasteiger partial charge in [-0.3, -0.25) is 4.40 Å². The summed E-state index contributed by atoms with van der Waals surface area (Å²) in [5.41, 5.74) is 13.9. The summed E-state index contributed by atoms with van der Waals surface area (Å²) >= 11 is 8.17. The lowest BCUT2D eigenvalue weighted by atomic mass is 10.2. The van der Waals surface area contributed by atoms with Crippen LogP contribution in [-0.4, -0.2) is 51.6 Å². The average molecular weight is 433 g/mol. The molecule has 8 nitrogen and oxygen atoms in total. The van der Waals surface area contributed by atoms with Gasteiger partial charge in [-0.1, -0.05) is 23.4 Å². The Bertz CT molecular complexity index is 1010. The molecule has 4 rings (SSSR count). The first-order chi connectivity index (χ1) is 14.0. The highest BCUT2D eigenvalue weighted by Gasteiger charge is 2.21. The van der Waals surface area contributed by atoms with Crippen molar-refractivity contribution in [3.8, 4) is 0 Å². The van der Waals surface area contributed by atoms with Crippen molar-refractivity contribution in [3.63, 3.8) is 0 Å². The van der Waals surface area contributed by atoms with Gasteiger partial charge < -0.3 is 21.7 Å². The molecule has 0 bridgehead atoms. The van der Waals surface area contributed by atoms with Gasteiger partial charge in [-0.2, -0.15) is 0 Å². The van der Waals surface area contributed by atoms with Crippen molar-refractivity contribution in [1.29, 1.82) is 0 Å². The molecule has 0 saturated carbocycles. The van der Waals surface area contributed by atoms with E-state index in [9.17, 15) is 0 Å². The number of pyridine rings is 1. The van der Waals surface area contributed by atoms with Gasteiger partial charge in [0.25, 0.3) is 0 Å². The van der Waals surface area contributed by atoms with Crippen LogP contribution in [0.15, 0.2) is 34.4 Å². The van der Waals surface area contributed by atoms with Crippen LogP contribution < -0.4 is 21.7 Å². The van der Waals surface area contributed by atoms with E-state index in [1.165, 1.54) is 11.8 Å². The molecular weight excluding hydrogens is 408 g/mol. The molecule has 1 aliphatic heterocycles. The fourth-order valence-electron chi connectivity index (χ4n) is 3.40. The molecule has 0 radical (unpaired) electrons. The molecular formula is C19H25ClN8S. The summed E-state index contributed by atoms with van der Waals surface area (Å²) in [7, 11) is 0. The highest BCUT2D eigenvalue weighted by Crippen LogP contribution is 2.38. The molecule has 0 spiro atoms. The number of nitrogens with two attached hydrogens (primary N) is 2. The normalized spacial score (nSPS) is 18.4. The minimum absolute atomic E-state index is 0.124. The molecule has 4 heterocycles. The minimum atomic E-state index is 0.124. The van der Waals surface area contributed by atoms with Gasteiger partial charge in [-0.05, 0) is 32.4 Å². The third-order valence-electron chi connectivity index (χ3n) is 5.09. The smallest absolute Gasteiger partial charge is 0.212 e. The predicted octanol–water partition coefficient (Wildman–Crippen LogP) is 2.34. The van der Waals surface area contributed by atoms with Gasteiger partial charge in [0.05, 0.1) is 4.90 Å². The maximum Gasteiger partial charge on any atom is 0.212 e. The Balaban J connectivity index is 1.72. The van der Waals surface area contributed by atoms with Crippen molar-refractivity contribution in [1.82, 2.24) is 24.7 Å². The van der Waals surface area contributed by atoms with Crippen LogP contribution in [0, 0.1) is 6.92 Å². The molecule has 0 amide bonds. The van der Waals surface area contributed by atoms with E-state index in [4.69, 9.17) is 28.1 Å². The number of rotatable bonds is 3. The zero-order valence-electron chi connectivity index (χ0n) is 16.3. The maximum absolute atomic E-state index is 6.66. The topological polar surface area (TPSA) is 110 Å². The SMILES string of the molecule is Cc1c(Sc2c(Cl)nc(N3CCCNC[C@@H](N)CC3)n3ccnc23)ccnc1N. The van der Waals surface area contributed by atoms with Crippen molar-refractivity contribution in [2.24, 2.45) is 5.73 Å². The second-order valence-electron chi connectivity index (χ2n) is 7.17. The summed E-state index contributed by atoms with van der Waals surface area (Å²) in [6.45, 7) is 5.42. The Morgan fingerprint density at radius 1 is 1.28 bits per heavy atom. The summed E-state index contributed by atoms with van der Waals surface area (Å²) in [5, 5.41) is 3.83. The Labute approximate surface area is 179 Å². The third kappa shape index (κ3) is 4.28. The molecule has 0 aliphatic carbocycles. The number of imidazole rings is 1. The maximum atomic E-state index is 6.66. The summed E-state index contributed by atoms with van der Waals surface area (Å²) in [5.74, 6) is 1.31. The number of nitrogens with zero attached hydrogens (tertiary/aromatic N) is 5. The van der Waals surface area contributed by atoms with Gasteiger partial charge in [-0.25, -0.2) is 15.0 Å². The van der Waals surface area contributed by atoms with Gasteiger partial charge >= 0.3 is 0 Å². The molecule has 0 unspecified atom stereocenters. The summed E-state index contributed by atoms with van der Waals surface area (Å²) < 4.78 is 2.00. The van der Waals surface area contributed by atoms with Crippen LogP contribution in [0.2, 0.25) is 5.15 Å². The standard InChI is InChI=1S/C19H25ClN8S/c1-12-14(3-6-24-17(12)22)29-15-16(20)26-19(28-10-7-25-18(15)28)27-8-2-5-23-11-13(21)4-9-27/h3,6-7,10,13,23H,2,4-5,8-9,11,21H2,1H3,(H2,22,24)/t13-/m0/s1. The van der Waals surface area contributed by atoms with Crippen molar-refractivity contribution in [3.05, 3.63) is 35.4 Å². The number of fused-ring (bicyclic) bond motifs is 1. The quantitative estimate of drug-likeness (QED) is 0.541. The molecule has 1 atom stereocenters. The van der Waals surface area contributed by atoms with Gasteiger partial charge in [0.1, 0.15) is 5.82 Å². The van der Waals surface area contributed by atoms with Crippen LogP contribution in [0.1, 0.15) is 18.4 Å². The number of hydrogen-bond acceptors (Lipinski definition) is 8. The van der Waals surface area contributed by atoms with E-state index in [1.54, 1.807) is 12.4 Å². The number of halogens is 1. The summed E-state index contributed by atoms with van der Waals surface area (Å²) in [6.07, 6.45) is 7.29. The molecule has 1 aliphatic rings. The lowest BCUT2D eigenvalue weighted by Gasteiger charge is -2.25. The van der Waals surface area contributed by atoms with Gasteiger partial charge in [0.2, 0.25) is 5.95 Å². The Kier molecular flexibility index (Phi) is 6.09. The first-order valence-corrected chi connectivity index (χ1v) is 10.9. The molecule has 1 saturated heterocycles. The number of aromatic nitrogens is 4. The highest BCUT2D eigenvalue weighted by atomic mass is 35.5. The van der Waals surface area contributed by atoms with E-state index >= 15 is 0 Å². The number of nitrogen functional groups attached to an aromatic ring is 1. The first kappa shape index (κ1) is 20.2. The van der Waals surface area contributed by atoms with Gasteiger partial charge in [0, 0.05) is 54.7 Å². The minimum Gasteiger partial charge on any atom is -0.383 e. The van der Waals surface area contributed by atoms with Crippen LogP contribution in [-0.2, 0) is 0 Å². The second kappa shape index (κ2) is 8.74. The fourth-order valence-corrected chi connectivity index (χ4v) is 4.65. The van der Waals surface area contributed by atoms with E-state index in [0.717, 1.165) is 66.0 Å². The number of anilines is 2. The number of nitrogens with one attached hydrogen (secondary N) is 1. The van der Waals surface area contributed by atoms with Crippen LogP contribution in [0.3, 0.4) is 0 Å². The summed E-state index contributed by atoms with van der Waals surface area (Å²) in [4.78, 5) is 17.5. The lowest BCUT2D eigenvalue weighted by Crippen LogP contribution is -2.36. The molecule has 10 heteroatoms. The Morgan fingerprint density at radius 2 is 2.14 bits per heavy atom. The van der Waals surface area contributed by atoms with Crippen LogP contribution in [0.4, 0.5) is 11.8 Å². The Morgan fingerprint density at radius 3 is 3.00 bits per heavy atom. The van der Waals surface area contributed by atoms with E-state index in [0.29, 0.717) is 11.0 Å². The van der Waals surface area contributed by atoms with Gasteiger partial charge in [0.15, 0.2) is 10.8 Å². The monoisotopic (exact) mass is 432 g/mol. The average Bonchev–Trinajstić information content (AvgIpc) is 3.21. The van der Waals surface area contributed by atoms with Crippen LogP contribution in [0.5, 0.6) is 0 Å². The van der Waals surface area contributed by atoms with Crippen molar-refractivity contribution < 1.29 is 0 Å². The van der Waals surface area contributed by atoms with Crippen LogP contribution in [0.25, 0.3) is 5.65 Å². The molecule has 3 aromatic rings. The molecule has 3 aromatic heterocycles. The molecule has 1 fully saturated rings. The highest BCUT2D eigenvalue weighted by molar-refractivity contribution is 7.99. The Hall–Kier alpha value is -2.07. The van der Waals surface area contributed by atoms with E-state index in [-0.39, 0.29) is 6.04 Å². The predicted molar refractivity (Wildman–Crippen MR) is 118 cm³/mol. The van der Waals surface area contributed by atoms with Gasteiger partial charge in [-0.15, -0.1) is 0 Å². The second-order valence-corrected chi connectivity index (χ2v) is 8.58. The lowest BCUT2D eigenvalue weighted by molar-refractivity contribution is 0.563. The van der Waals surface area contributed by atoms with E-state index in [1.807, 2.05) is 23.6 Å². The third-order valence-corrected chi connectivity index (χ3v) is 6.72. The van der Waals surface area contributed by atoms with Crippen molar-refractivity contribution in [2.45, 2.75) is 35.6 Å². The van der Waals surface area contributed by atoms with Crippen molar-refractivity contribution >= 4 is 40.8 Å². The largest absolute Gasteiger partial charge is 0.383 e. The molecule has 29 heavy (non-hydrogen) atoms. The molecule has 154 valence electrons. The van der Waals surface area contributed by atoms with E-state index < -0.39 is 0 Å². The molecule has 5 N–H and O–H groups in total. The van der Waals surface area contributed by atoms with E-state index in [2.05, 4.69) is 20.2 Å². The molecule has 0 aromatic carbocycles. The van der Waals surface area contributed by atoms with Crippen molar-refractivity contribution in [2.75, 3.05) is 36.8 Å². The number of hydrogen-bond donors (Lipinski definition) is 3. The summed E-state index contributed by atoms with van der Waals surface area (Å²) in [6, 6.07) is 2.05. The zero-order valence-corrected chi connectivity index (χ0v) is 17.9. The first-order valence-electron chi connectivity index (χ1n) is 9.67. The van der Waals surface area contributed by atoms with Crippen LogP contribution >= 0.6 is 23.4 Å².